The van der Waals surface area contributed by atoms with Gasteiger partial charge in [-0.15, -0.1) is 0 Å². The molecule has 2 heterocycles. The zero-order valence-corrected chi connectivity index (χ0v) is 9.17. The molecule has 17 heavy (non-hydrogen) atoms. The molecule has 0 aliphatic carbocycles. The molecule has 2 aromatic heterocycles. The van der Waals surface area contributed by atoms with Gasteiger partial charge in [0.15, 0.2) is 0 Å². The second-order valence-corrected chi connectivity index (χ2v) is 3.64. The number of hydrogen-bond acceptors (Lipinski definition) is 4. The number of nitrogens with one attached hydrogen (secondary N) is 1. The first kappa shape index (κ1) is 11.2. The lowest BCUT2D eigenvalue weighted by molar-refractivity contribution is 0.517. The number of rotatable bonds is 4. The van der Waals surface area contributed by atoms with Gasteiger partial charge in [-0.05, 0) is 12.5 Å². The average Bonchev–Trinajstić information content (AvgIpc) is 2.74. The van der Waals surface area contributed by atoms with Crippen molar-refractivity contribution in [1.82, 2.24) is 19.3 Å². The van der Waals surface area contributed by atoms with Crippen LogP contribution in [0.1, 0.15) is 6.42 Å². The maximum absolute atomic E-state index is 11.5. The maximum Gasteiger partial charge on any atom is 0.329 e. The van der Waals surface area contributed by atoms with E-state index < -0.39 is 11.2 Å². The van der Waals surface area contributed by atoms with Crippen LogP contribution in [-0.2, 0) is 13.1 Å². The lowest BCUT2D eigenvalue weighted by Crippen LogP contribution is -2.31. The highest BCUT2D eigenvalue weighted by molar-refractivity contribution is 5.25. The number of nitrogens with zero attached hydrogens (tertiary/aromatic N) is 3. The van der Waals surface area contributed by atoms with E-state index in [0.29, 0.717) is 19.5 Å². The highest BCUT2D eigenvalue weighted by atomic mass is 16.2. The van der Waals surface area contributed by atoms with Crippen molar-refractivity contribution in [2.75, 3.05) is 5.73 Å². The molecule has 0 aliphatic rings. The largest absolute Gasteiger partial charge is 0.385 e. The maximum atomic E-state index is 11.5. The van der Waals surface area contributed by atoms with Crippen LogP contribution in [0.3, 0.4) is 0 Å². The average molecular weight is 235 g/mol. The summed E-state index contributed by atoms with van der Waals surface area (Å²) in [6.45, 7) is 1.14. The Bertz CT molecular complexity index is 596. The molecule has 90 valence electrons. The highest BCUT2D eigenvalue weighted by Crippen LogP contribution is 1.97. The quantitative estimate of drug-likeness (QED) is 0.739. The standard InChI is InChI=1S/C10H13N5O2/c11-8-7-9(16)13-10(17)15(8)6-2-5-14-4-1-3-12-14/h1,3-4,7H,2,5-6,11H2,(H,13,16,17). The molecule has 0 spiro atoms. The molecule has 0 radical (unpaired) electrons. The van der Waals surface area contributed by atoms with Gasteiger partial charge in [0.1, 0.15) is 5.82 Å². The molecule has 3 N–H and O–H groups in total. The summed E-state index contributed by atoms with van der Waals surface area (Å²) in [4.78, 5) is 24.6. The summed E-state index contributed by atoms with van der Waals surface area (Å²) in [7, 11) is 0. The second-order valence-electron chi connectivity index (χ2n) is 3.64. The number of hydrogen-bond donors (Lipinski definition) is 2. The highest BCUT2D eigenvalue weighted by Gasteiger charge is 2.02. The molecule has 0 amide bonds. The van der Waals surface area contributed by atoms with Crippen molar-refractivity contribution in [1.29, 1.82) is 0 Å². The van der Waals surface area contributed by atoms with E-state index in [4.69, 9.17) is 5.73 Å². The Hall–Kier alpha value is -2.31. The third-order valence-electron chi connectivity index (χ3n) is 2.39. The summed E-state index contributed by atoms with van der Waals surface area (Å²) >= 11 is 0. The van der Waals surface area contributed by atoms with Crippen molar-refractivity contribution in [3.05, 3.63) is 45.4 Å². The van der Waals surface area contributed by atoms with Crippen molar-refractivity contribution in [3.63, 3.8) is 0 Å². The predicted molar refractivity (Wildman–Crippen MR) is 62.6 cm³/mol. The van der Waals surface area contributed by atoms with Gasteiger partial charge in [0, 0.05) is 31.5 Å². The van der Waals surface area contributed by atoms with Gasteiger partial charge < -0.3 is 5.73 Å². The number of H-pyrrole nitrogens is 1. The molecular formula is C10H13N5O2. The fourth-order valence-corrected chi connectivity index (χ4v) is 1.59. The van der Waals surface area contributed by atoms with Crippen LogP contribution in [-0.4, -0.2) is 19.3 Å². The van der Waals surface area contributed by atoms with E-state index >= 15 is 0 Å². The normalized spacial score (nSPS) is 10.6. The molecule has 0 unspecified atom stereocenters. The predicted octanol–water partition coefficient (Wildman–Crippen LogP) is -0.594. The number of aromatic amines is 1. The van der Waals surface area contributed by atoms with Crippen LogP contribution in [0.5, 0.6) is 0 Å². The molecule has 0 aromatic carbocycles. The SMILES string of the molecule is Nc1cc(=O)[nH]c(=O)n1CCCn1cccn1. The number of nitrogens with two attached hydrogens (primary N) is 1. The molecule has 0 atom stereocenters. The van der Waals surface area contributed by atoms with Gasteiger partial charge in [-0.3, -0.25) is 19.0 Å². The Kier molecular flexibility index (Phi) is 3.08. The van der Waals surface area contributed by atoms with Crippen molar-refractivity contribution >= 4 is 5.82 Å². The fraction of sp³-hybridized carbons (Fsp3) is 0.300. The van der Waals surface area contributed by atoms with Crippen LogP contribution in [0.4, 0.5) is 5.82 Å². The van der Waals surface area contributed by atoms with Crippen molar-refractivity contribution in [2.24, 2.45) is 0 Å². The van der Waals surface area contributed by atoms with E-state index in [0.717, 1.165) is 0 Å². The van der Waals surface area contributed by atoms with Crippen LogP contribution < -0.4 is 17.0 Å². The van der Waals surface area contributed by atoms with E-state index in [-0.39, 0.29) is 5.82 Å². The van der Waals surface area contributed by atoms with E-state index in [9.17, 15) is 9.59 Å². The van der Waals surface area contributed by atoms with Crippen LogP contribution in [0.25, 0.3) is 0 Å². The van der Waals surface area contributed by atoms with Gasteiger partial charge in [0.2, 0.25) is 0 Å². The lowest BCUT2D eigenvalue weighted by Gasteiger charge is -2.07. The van der Waals surface area contributed by atoms with Gasteiger partial charge in [-0.2, -0.15) is 5.10 Å². The second kappa shape index (κ2) is 4.69. The molecule has 2 aromatic rings. The number of anilines is 1. The first-order chi connectivity index (χ1) is 8.16. The van der Waals surface area contributed by atoms with Gasteiger partial charge in [-0.1, -0.05) is 0 Å². The zero-order chi connectivity index (χ0) is 12.3. The Morgan fingerprint density at radius 2 is 2.18 bits per heavy atom. The minimum Gasteiger partial charge on any atom is -0.385 e. The van der Waals surface area contributed by atoms with E-state index in [1.807, 2.05) is 12.3 Å². The molecule has 0 saturated heterocycles. The Morgan fingerprint density at radius 3 is 2.82 bits per heavy atom. The Labute approximate surface area is 96.5 Å². The minimum absolute atomic E-state index is 0.180. The molecule has 7 nitrogen and oxygen atoms in total. The molecular weight excluding hydrogens is 222 g/mol. The Morgan fingerprint density at radius 1 is 1.35 bits per heavy atom. The number of aryl methyl sites for hydroxylation is 1. The summed E-state index contributed by atoms with van der Waals surface area (Å²) in [5, 5.41) is 4.05. The first-order valence-electron chi connectivity index (χ1n) is 5.24. The van der Waals surface area contributed by atoms with E-state index in [1.54, 1.807) is 10.9 Å². The van der Waals surface area contributed by atoms with Crippen molar-refractivity contribution < 1.29 is 0 Å². The van der Waals surface area contributed by atoms with Crippen LogP contribution in [0.15, 0.2) is 34.1 Å². The first-order valence-corrected chi connectivity index (χ1v) is 5.24. The summed E-state index contributed by atoms with van der Waals surface area (Å²) in [5.41, 5.74) is 4.65. The smallest absolute Gasteiger partial charge is 0.329 e. The third-order valence-corrected chi connectivity index (χ3v) is 2.39. The van der Waals surface area contributed by atoms with Gasteiger partial charge in [0.25, 0.3) is 5.56 Å². The summed E-state index contributed by atoms with van der Waals surface area (Å²) in [5.74, 6) is 0.180. The summed E-state index contributed by atoms with van der Waals surface area (Å²) in [6.07, 6.45) is 4.25. The summed E-state index contributed by atoms with van der Waals surface area (Å²) in [6, 6.07) is 3.04. The number of nitrogen functional groups attached to an aromatic ring is 1. The molecule has 0 fully saturated rings. The van der Waals surface area contributed by atoms with Gasteiger partial charge in [-0.25, -0.2) is 4.79 Å². The Balaban J connectivity index is 2.04. The molecule has 7 heteroatoms. The molecule has 2 rings (SSSR count). The number of aromatic nitrogens is 4. The van der Waals surface area contributed by atoms with Crippen molar-refractivity contribution in [3.8, 4) is 0 Å². The monoisotopic (exact) mass is 235 g/mol. The lowest BCUT2D eigenvalue weighted by atomic mass is 10.4. The summed E-state index contributed by atoms with van der Waals surface area (Å²) < 4.78 is 3.11. The van der Waals surface area contributed by atoms with Crippen LogP contribution in [0.2, 0.25) is 0 Å². The molecule has 0 aliphatic heterocycles. The van der Waals surface area contributed by atoms with E-state index in [1.165, 1.54) is 10.6 Å². The van der Waals surface area contributed by atoms with Gasteiger partial charge in [0.05, 0.1) is 0 Å². The molecule has 0 bridgehead atoms. The third kappa shape index (κ3) is 2.63. The van der Waals surface area contributed by atoms with E-state index in [2.05, 4.69) is 10.1 Å². The van der Waals surface area contributed by atoms with Crippen molar-refractivity contribution in [2.45, 2.75) is 19.5 Å². The fourth-order valence-electron chi connectivity index (χ4n) is 1.59. The van der Waals surface area contributed by atoms with Crippen LogP contribution in [0, 0.1) is 0 Å². The van der Waals surface area contributed by atoms with Crippen LogP contribution >= 0.6 is 0 Å². The minimum atomic E-state index is -0.476. The topological polar surface area (TPSA) is 98.7 Å². The van der Waals surface area contributed by atoms with Gasteiger partial charge >= 0.3 is 5.69 Å². The zero-order valence-electron chi connectivity index (χ0n) is 9.17. The molecule has 0 saturated carbocycles.